The van der Waals surface area contributed by atoms with Crippen molar-refractivity contribution in [1.82, 2.24) is 10.2 Å². The van der Waals surface area contributed by atoms with Crippen LogP contribution in [0.5, 0.6) is 0 Å². The highest BCUT2D eigenvalue weighted by molar-refractivity contribution is 6.30. The molecule has 0 unspecified atom stereocenters. The second-order valence-electron chi connectivity index (χ2n) is 5.95. The average molecular weight is 339 g/mol. The molecule has 0 saturated heterocycles. The van der Waals surface area contributed by atoms with Crippen molar-refractivity contribution in [3.05, 3.63) is 88.7 Å². The first-order valence-electron chi connectivity index (χ1n) is 8.45. The molecule has 0 fully saturated rings. The van der Waals surface area contributed by atoms with E-state index in [2.05, 4.69) is 58.9 Å². The normalized spacial score (nSPS) is 14.6. The Balaban J connectivity index is 1.71. The third-order valence-electron chi connectivity index (χ3n) is 4.21. The molecule has 0 saturated carbocycles. The molecule has 1 heterocycles. The number of hydrogen-bond acceptors (Lipinski definition) is 2. The van der Waals surface area contributed by atoms with Gasteiger partial charge >= 0.3 is 0 Å². The Kier molecular flexibility index (Phi) is 6.11. The van der Waals surface area contributed by atoms with E-state index in [0.29, 0.717) is 0 Å². The van der Waals surface area contributed by atoms with Gasteiger partial charge in [0.25, 0.3) is 0 Å². The highest BCUT2D eigenvalue weighted by Crippen LogP contribution is 2.16. The summed E-state index contributed by atoms with van der Waals surface area (Å²) in [6.45, 7) is 2.98. The van der Waals surface area contributed by atoms with Crippen molar-refractivity contribution in [2.45, 2.75) is 12.8 Å². The molecule has 2 aromatic carbocycles. The number of hydrogen-bond donors (Lipinski definition) is 1. The molecule has 0 spiro atoms. The van der Waals surface area contributed by atoms with Crippen molar-refractivity contribution in [2.75, 3.05) is 19.6 Å². The van der Waals surface area contributed by atoms with E-state index in [1.165, 1.54) is 16.8 Å². The Bertz CT molecular complexity index is 690. The molecule has 0 bridgehead atoms. The summed E-state index contributed by atoms with van der Waals surface area (Å²) in [4.78, 5) is 2.38. The summed E-state index contributed by atoms with van der Waals surface area (Å²) in [7, 11) is 0. The Morgan fingerprint density at radius 2 is 1.83 bits per heavy atom. The van der Waals surface area contributed by atoms with Crippen LogP contribution in [0.25, 0.3) is 6.08 Å². The lowest BCUT2D eigenvalue weighted by Crippen LogP contribution is -2.28. The molecule has 1 N–H and O–H groups in total. The van der Waals surface area contributed by atoms with Gasteiger partial charge in [0.1, 0.15) is 0 Å². The van der Waals surface area contributed by atoms with E-state index in [9.17, 15) is 0 Å². The molecule has 0 atom stereocenters. The second-order valence-corrected chi connectivity index (χ2v) is 6.38. The molecule has 2 nitrogen and oxygen atoms in total. The molecule has 0 aromatic heterocycles. The van der Waals surface area contributed by atoms with Gasteiger partial charge in [-0.1, -0.05) is 60.1 Å². The predicted molar refractivity (Wildman–Crippen MR) is 103 cm³/mol. The van der Waals surface area contributed by atoms with Gasteiger partial charge in [0.05, 0.1) is 0 Å². The number of halogens is 1. The van der Waals surface area contributed by atoms with Gasteiger partial charge < -0.3 is 10.2 Å². The minimum Gasteiger partial charge on any atom is -0.351 e. The van der Waals surface area contributed by atoms with Gasteiger partial charge in [0, 0.05) is 36.6 Å². The number of rotatable bonds is 6. The lowest BCUT2D eigenvalue weighted by atomic mass is 10.1. The number of nitrogens with one attached hydrogen (secondary N) is 1. The number of benzene rings is 2. The molecule has 0 amide bonds. The van der Waals surface area contributed by atoms with Crippen LogP contribution in [-0.2, 0) is 6.42 Å². The lowest BCUT2D eigenvalue weighted by Gasteiger charge is -2.26. The highest BCUT2D eigenvalue weighted by atomic mass is 35.5. The van der Waals surface area contributed by atoms with Gasteiger partial charge in [0.15, 0.2) is 0 Å². The molecule has 124 valence electrons. The molecule has 1 aliphatic heterocycles. The Morgan fingerprint density at radius 3 is 2.54 bits per heavy atom. The van der Waals surface area contributed by atoms with Crippen LogP contribution in [0.4, 0.5) is 0 Å². The molecular weight excluding hydrogens is 316 g/mol. The van der Waals surface area contributed by atoms with Crippen molar-refractivity contribution in [3.8, 4) is 0 Å². The van der Waals surface area contributed by atoms with E-state index < -0.39 is 0 Å². The van der Waals surface area contributed by atoms with Gasteiger partial charge in [-0.05, 0) is 42.2 Å². The quantitative estimate of drug-likeness (QED) is 0.819. The highest BCUT2D eigenvalue weighted by Gasteiger charge is 2.10. The number of nitrogens with zero attached hydrogens (tertiary/aromatic N) is 1. The predicted octanol–water partition coefficient (Wildman–Crippen LogP) is 4.73. The van der Waals surface area contributed by atoms with E-state index in [-0.39, 0.29) is 0 Å². The third kappa shape index (κ3) is 4.98. The monoisotopic (exact) mass is 338 g/mol. The van der Waals surface area contributed by atoms with Crippen LogP contribution in [0.1, 0.15) is 17.5 Å². The van der Waals surface area contributed by atoms with Gasteiger partial charge in [-0.15, -0.1) is 0 Å². The minimum absolute atomic E-state index is 0.772. The zero-order valence-electron chi connectivity index (χ0n) is 13.8. The minimum atomic E-state index is 0.772. The van der Waals surface area contributed by atoms with E-state index in [1.807, 2.05) is 24.3 Å². The molecule has 0 aliphatic carbocycles. The first-order chi connectivity index (χ1) is 11.8. The van der Waals surface area contributed by atoms with Gasteiger partial charge in [-0.3, -0.25) is 0 Å². The molecule has 1 aliphatic rings. The summed E-state index contributed by atoms with van der Waals surface area (Å²) in [5, 5.41) is 4.15. The fraction of sp³-hybridized carbons (Fsp3) is 0.238. The average Bonchev–Trinajstić information content (AvgIpc) is 2.65. The molecule has 3 heteroatoms. The zero-order valence-corrected chi connectivity index (χ0v) is 14.5. The van der Waals surface area contributed by atoms with Crippen LogP contribution in [0, 0.1) is 0 Å². The van der Waals surface area contributed by atoms with Crippen molar-refractivity contribution < 1.29 is 0 Å². The Morgan fingerprint density at radius 1 is 1.04 bits per heavy atom. The molecular formula is C21H23ClN2. The second kappa shape index (κ2) is 8.72. The van der Waals surface area contributed by atoms with E-state index in [1.54, 1.807) is 0 Å². The topological polar surface area (TPSA) is 15.3 Å². The summed E-state index contributed by atoms with van der Waals surface area (Å²) >= 11 is 5.96. The summed E-state index contributed by atoms with van der Waals surface area (Å²) in [6.07, 6.45) is 8.75. The Hall–Kier alpha value is -2.03. The third-order valence-corrected chi connectivity index (χ3v) is 4.46. The first kappa shape index (κ1) is 16.8. The van der Waals surface area contributed by atoms with Crippen LogP contribution in [-0.4, -0.2) is 24.5 Å². The van der Waals surface area contributed by atoms with Gasteiger partial charge in [0.2, 0.25) is 0 Å². The standard InChI is InChI=1S/C21H23ClN2/c22-20-8-6-19(7-9-20)13-17-24(21-10-14-23-15-11-21)16-12-18-4-2-1-3-5-18/h1-10,13,17,23H,11-12,14-16H2/b17-13+. The van der Waals surface area contributed by atoms with Gasteiger partial charge in [-0.2, -0.15) is 0 Å². The van der Waals surface area contributed by atoms with E-state index >= 15 is 0 Å². The first-order valence-corrected chi connectivity index (χ1v) is 8.83. The zero-order chi connectivity index (χ0) is 16.6. The summed E-state index contributed by atoms with van der Waals surface area (Å²) in [6, 6.07) is 18.6. The van der Waals surface area contributed by atoms with Crippen molar-refractivity contribution in [3.63, 3.8) is 0 Å². The summed E-state index contributed by atoms with van der Waals surface area (Å²) < 4.78 is 0. The van der Waals surface area contributed by atoms with Crippen LogP contribution < -0.4 is 5.32 Å². The van der Waals surface area contributed by atoms with Crippen molar-refractivity contribution >= 4 is 17.7 Å². The maximum atomic E-state index is 5.96. The lowest BCUT2D eigenvalue weighted by molar-refractivity contribution is 0.435. The van der Waals surface area contributed by atoms with Crippen LogP contribution in [0.3, 0.4) is 0 Å². The summed E-state index contributed by atoms with van der Waals surface area (Å²) in [5.41, 5.74) is 3.94. The molecule has 3 rings (SSSR count). The van der Waals surface area contributed by atoms with E-state index in [0.717, 1.165) is 37.5 Å². The van der Waals surface area contributed by atoms with Gasteiger partial charge in [-0.25, -0.2) is 0 Å². The largest absolute Gasteiger partial charge is 0.351 e. The summed E-state index contributed by atoms with van der Waals surface area (Å²) in [5.74, 6) is 0. The SMILES string of the molecule is Clc1ccc(/C=C/N(CCc2ccccc2)C2=CCNCC2)cc1. The maximum Gasteiger partial charge on any atom is 0.0406 e. The van der Waals surface area contributed by atoms with Crippen LogP contribution in [0.2, 0.25) is 5.02 Å². The fourth-order valence-corrected chi connectivity index (χ4v) is 2.96. The van der Waals surface area contributed by atoms with E-state index in [4.69, 9.17) is 11.6 Å². The maximum absolute atomic E-state index is 5.96. The van der Waals surface area contributed by atoms with Crippen molar-refractivity contribution in [1.29, 1.82) is 0 Å². The molecule has 2 aromatic rings. The van der Waals surface area contributed by atoms with Crippen LogP contribution in [0.15, 0.2) is 72.6 Å². The van der Waals surface area contributed by atoms with Crippen LogP contribution >= 0.6 is 11.6 Å². The molecule has 0 radical (unpaired) electrons. The van der Waals surface area contributed by atoms with Crippen molar-refractivity contribution in [2.24, 2.45) is 0 Å². The Labute approximate surface area is 149 Å². The fourth-order valence-electron chi connectivity index (χ4n) is 2.83. The smallest absolute Gasteiger partial charge is 0.0406 e. The molecule has 24 heavy (non-hydrogen) atoms.